The van der Waals surface area contributed by atoms with Crippen LogP contribution in [0.3, 0.4) is 0 Å². The Hall–Kier alpha value is -2.59. The van der Waals surface area contributed by atoms with Gasteiger partial charge in [0.2, 0.25) is 20.0 Å². The van der Waals surface area contributed by atoms with Gasteiger partial charge in [-0.05, 0) is 63.6 Å². The van der Waals surface area contributed by atoms with E-state index in [4.69, 9.17) is 9.47 Å². The molecule has 0 aliphatic carbocycles. The van der Waals surface area contributed by atoms with Crippen LogP contribution in [0.5, 0.6) is 5.75 Å². The van der Waals surface area contributed by atoms with Gasteiger partial charge in [-0.3, -0.25) is 0 Å². The summed E-state index contributed by atoms with van der Waals surface area (Å²) in [4.78, 5) is 7.78. The summed E-state index contributed by atoms with van der Waals surface area (Å²) in [6.45, 7) is 3.30. The van der Waals surface area contributed by atoms with Crippen LogP contribution in [0.25, 0.3) is 11.0 Å². The number of aromatic amines is 1. The highest BCUT2D eigenvalue weighted by Crippen LogP contribution is 2.37. The fraction of sp³-hybridized carbons (Fsp3) is 0.500. The number of benzene rings is 2. The lowest BCUT2D eigenvalue weighted by atomic mass is 9.88. The van der Waals surface area contributed by atoms with Crippen LogP contribution in [0.4, 0.5) is 0 Å². The number of imidazole rings is 1. The SMILES string of the molecule is CNS(=O)(=O)c1cccc(OC[C@@H](O)CN[C@H]2COC3(CCN(S(=O)(=O)c4ccc5[nH]c(C)nc5c4)CC3)C2)c1. The van der Waals surface area contributed by atoms with Gasteiger partial charge < -0.3 is 24.9 Å². The maximum absolute atomic E-state index is 13.3. The van der Waals surface area contributed by atoms with Gasteiger partial charge in [0.05, 0.1) is 33.0 Å². The standard InChI is InChI=1S/C26H35N5O7S2/c1-18-29-24-7-6-23(13-25(24)30-18)40(35,36)31-10-8-26(9-11-31)14-19(16-38-26)28-15-20(32)17-37-21-4-3-5-22(12-21)39(33,34)27-2/h3-7,12-13,19-20,27-28,32H,8-11,14-17H2,1-2H3,(H,29,30)/t19-,20+/m1/s1. The minimum atomic E-state index is -3.64. The van der Waals surface area contributed by atoms with Crippen molar-refractivity contribution in [2.45, 2.75) is 53.7 Å². The first-order valence-electron chi connectivity index (χ1n) is 13.2. The van der Waals surface area contributed by atoms with E-state index in [1.54, 1.807) is 30.3 Å². The van der Waals surface area contributed by atoms with Gasteiger partial charge in [0.15, 0.2) is 0 Å². The van der Waals surface area contributed by atoms with Crippen molar-refractivity contribution in [3.05, 3.63) is 48.3 Å². The van der Waals surface area contributed by atoms with E-state index < -0.39 is 31.8 Å². The van der Waals surface area contributed by atoms with Crippen molar-refractivity contribution in [2.24, 2.45) is 0 Å². The molecular formula is C26H35N5O7S2. The summed E-state index contributed by atoms with van der Waals surface area (Å²) in [5, 5.41) is 13.7. The lowest BCUT2D eigenvalue weighted by Crippen LogP contribution is -2.47. The number of hydrogen-bond donors (Lipinski definition) is 4. The summed E-state index contributed by atoms with van der Waals surface area (Å²) in [5.74, 6) is 1.08. The molecule has 0 saturated carbocycles. The van der Waals surface area contributed by atoms with E-state index in [0.717, 1.165) is 17.8 Å². The van der Waals surface area contributed by atoms with Crippen molar-refractivity contribution >= 4 is 31.1 Å². The highest BCUT2D eigenvalue weighted by molar-refractivity contribution is 7.89. The summed E-state index contributed by atoms with van der Waals surface area (Å²) < 4.78 is 66.1. The van der Waals surface area contributed by atoms with E-state index >= 15 is 0 Å². The third kappa shape index (κ3) is 6.17. The highest BCUT2D eigenvalue weighted by atomic mass is 32.2. The number of fused-ring (bicyclic) bond motifs is 1. The Labute approximate surface area is 234 Å². The Balaban J connectivity index is 1.09. The zero-order valence-electron chi connectivity index (χ0n) is 22.5. The lowest BCUT2D eigenvalue weighted by Gasteiger charge is -2.38. The Morgan fingerprint density at radius 1 is 1.18 bits per heavy atom. The molecule has 12 nitrogen and oxygen atoms in total. The summed E-state index contributed by atoms with van der Waals surface area (Å²) >= 11 is 0. The van der Waals surface area contributed by atoms with Gasteiger partial charge >= 0.3 is 0 Å². The zero-order valence-corrected chi connectivity index (χ0v) is 24.1. The maximum Gasteiger partial charge on any atom is 0.243 e. The number of H-pyrrole nitrogens is 1. The van der Waals surface area contributed by atoms with E-state index in [1.807, 2.05) is 6.92 Å². The lowest BCUT2D eigenvalue weighted by molar-refractivity contribution is -0.0312. The molecule has 2 atom stereocenters. The summed E-state index contributed by atoms with van der Waals surface area (Å²) in [7, 11) is -5.89. The number of rotatable bonds is 10. The monoisotopic (exact) mass is 593 g/mol. The van der Waals surface area contributed by atoms with Crippen LogP contribution in [0.1, 0.15) is 25.1 Å². The molecule has 1 spiro atoms. The van der Waals surface area contributed by atoms with E-state index in [0.29, 0.717) is 43.8 Å². The van der Waals surface area contributed by atoms with Gasteiger partial charge in [-0.1, -0.05) is 6.07 Å². The molecule has 218 valence electrons. The Morgan fingerprint density at radius 2 is 1.95 bits per heavy atom. The highest BCUT2D eigenvalue weighted by Gasteiger charge is 2.44. The maximum atomic E-state index is 13.3. The number of ether oxygens (including phenoxy) is 2. The summed E-state index contributed by atoms with van der Waals surface area (Å²) in [6.07, 6.45) is 1.08. The fourth-order valence-electron chi connectivity index (χ4n) is 5.28. The predicted octanol–water partition coefficient (Wildman–Crippen LogP) is 1.12. The number of aliphatic hydroxyl groups is 1. The molecule has 3 aromatic rings. The molecule has 4 N–H and O–H groups in total. The number of hydrogen-bond acceptors (Lipinski definition) is 9. The third-order valence-electron chi connectivity index (χ3n) is 7.52. The molecule has 14 heteroatoms. The minimum absolute atomic E-state index is 0.00870. The quantitative estimate of drug-likeness (QED) is 0.270. The number of nitrogens with zero attached hydrogens (tertiary/aromatic N) is 2. The first-order chi connectivity index (χ1) is 19.0. The molecule has 2 saturated heterocycles. The molecule has 1 aromatic heterocycles. The second kappa shape index (κ2) is 11.4. The van der Waals surface area contributed by atoms with Crippen molar-refractivity contribution in [2.75, 3.05) is 39.9 Å². The van der Waals surface area contributed by atoms with Crippen molar-refractivity contribution in [3.8, 4) is 5.75 Å². The van der Waals surface area contributed by atoms with Crippen molar-refractivity contribution in [1.82, 2.24) is 24.3 Å². The Morgan fingerprint density at radius 3 is 2.70 bits per heavy atom. The molecule has 2 aliphatic heterocycles. The van der Waals surface area contributed by atoms with Crippen LogP contribution in [0, 0.1) is 6.92 Å². The van der Waals surface area contributed by atoms with Gasteiger partial charge in [-0.25, -0.2) is 26.5 Å². The van der Waals surface area contributed by atoms with Gasteiger partial charge in [0.25, 0.3) is 0 Å². The van der Waals surface area contributed by atoms with E-state index in [2.05, 4.69) is 20.0 Å². The van der Waals surface area contributed by atoms with Crippen molar-refractivity contribution in [1.29, 1.82) is 0 Å². The average molecular weight is 594 g/mol. The fourth-order valence-corrected chi connectivity index (χ4v) is 7.51. The Bertz CT molecular complexity index is 1570. The van der Waals surface area contributed by atoms with Gasteiger partial charge in [-0.2, -0.15) is 4.31 Å². The number of piperidine rings is 1. The minimum Gasteiger partial charge on any atom is -0.491 e. The van der Waals surface area contributed by atoms with Gasteiger partial charge in [0.1, 0.15) is 24.3 Å². The van der Waals surface area contributed by atoms with Gasteiger partial charge in [0, 0.05) is 31.7 Å². The van der Waals surface area contributed by atoms with Gasteiger partial charge in [-0.15, -0.1) is 0 Å². The molecule has 0 radical (unpaired) electrons. The molecule has 0 bridgehead atoms. The molecule has 5 rings (SSSR count). The van der Waals surface area contributed by atoms with Crippen LogP contribution in [0.15, 0.2) is 52.3 Å². The molecule has 3 heterocycles. The molecule has 2 aromatic carbocycles. The average Bonchev–Trinajstić information content (AvgIpc) is 3.52. The topological polar surface area (TPSA) is 163 Å². The Kier molecular flexibility index (Phi) is 8.21. The third-order valence-corrected chi connectivity index (χ3v) is 10.8. The van der Waals surface area contributed by atoms with Crippen LogP contribution in [-0.2, 0) is 24.8 Å². The van der Waals surface area contributed by atoms with E-state index in [-0.39, 0.29) is 29.0 Å². The van der Waals surface area contributed by atoms with E-state index in [1.165, 1.54) is 23.5 Å². The molecule has 0 amide bonds. The van der Waals surface area contributed by atoms with Crippen LogP contribution < -0.4 is 14.8 Å². The molecule has 2 aliphatic rings. The summed E-state index contributed by atoms with van der Waals surface area (Å²) in [5.41, 5.74) is 1.04. The number of nitrogens with one attached hydrogen (secondary N) is 3. The first-order valence-corrected chi connectivity index (χ1v) is 16.1. The second-order valence-corrected chi connectivity index (χ2v) is 14.2. The van der Waals surface area contributed by atoms with Crippen molar-refractivity contribution < 1.29 is 31.4 Å². The summed E-state index contributed by atoms with van der Waals surface area (Å²) in [6, 6.07) is 11.1. The molecular weight excluding hydrogens is 558 g/mol. The smallest absolute Gasteiger partial charge is 0.243 e. The normalized spacial score (nSPS) is 20.7. The molecule has 0 unspecified atom stereocenters. The van der Waals surface area contributed by atoms with E-state index in [9.17, 15) is 21.9 Å². The molecule has 40 heavy (non-hydrogen) atoms. The number of aromatic nitrogens is 2. The number of aliphatic hydroxyl groups excluding tert-OH is 1. The van der Waals surface area contributed by atoms with Crippen LogP contribution in [0.2, 0.25) is 0 Å². The predicted molar refractivity (Wildman–Crippen MR) is 148 cm³/mol. The van der Waals surface area contributed by atoms with Crippen LogP contribution in [-0.4, -0.2) is 93.9 Å². The largest absolute Gasteiger partial charge is 0.491 e. The first kappa shape index (κ1) is 28.9. The molecule has 2 fully saturated rings. The number of sulfonamides is 2. The van der Waals surface area contributed by atoms with Crippen LogP contribution >= 0.6 is 0 Å². The second-order valence-electron chi connectivity index (χ2n) is 10.4. The zero-order chi connectivity index (χ0) is 28.5. The van der Waals surface area contributed by atoms with Crippen molar-refractivity contribution in [3.63, 3.8) is 0 Å². The number of aryl methyl sites for hydroxylation is 1.